The summed E-state index contributed by atoms with van der Waals surface area (Å²) < 4.78 is 0. The SMILES string of the molecule is CC(C#N)CN(C)C(=O)CCC(=O)O. The standard InChI is InChI=1S/C9H14N2O3/c1-7(5-10)6-11(2)8(12)3-4-9(13)14/h7H,3-4,6H2,1-2H3,(H,13,14). The molecule has 5 nitrogen and oxygen atoms in total. The number of hydrogen-bond acceptors (Lipinski definition) is 3. The van der Waals surface area contributed by atoms with Gasteiger partial charge in [0.15, 0.2) is 0 Å². The number of carboxylic acid groups (broad SMARTS) is 1. The van der Waals surface area contributed by atoms with Crippen molar-refractivity contribution in [2.45, 2.75) is 19.8 Å². The molecule has 0 bridgehead atoms. The van der Waals surface area contributed by atoms with Crippen molar-refractivity contribution in [3.8, 4) is 6.07 Å². The van der Waals surface area contributed by atoms with E-state index in [1.807, 2.05) is 6.07 Å². The number of nitrogens with zero attached hydrogens (tertiary/aromatic N) is 2. The number of carbonyl (C=O) groups excluding carboxylic acids is 1. The molecule has 0 spiro atoms. The van der Waals surface area contributed by atoms with Crippen molar-refractivity contribution in [1.82, 2.24) is 4.90 Å². The lowest BCUT2D eigenvalue weighted by Crippen LogP contribution is -2.30. The first kappa shape index (κ1) is 12.4. The molecule has 0 heterocycles. The minimum absolute atomic E-state index is 0.00994. The van der Waals surface area contributed by atoms with Gasteiger partial charge in [-0.2, -0.15) is 5.26 Å². The first-order valence-electron chi connectivity index (χ1n) is 4.32. The third-order valence-corrected chi connectivity index (χ3v) is 1.75. The van der Waals surface area contributed by atoms with Gasteiger partial charge in [0.1, 0.15) is 0 Å². The smallest absolute Gasteiger partial charge is 0.303 e. The molecule has 0 fully saturated rings. The van der Waals surface area contributed by atoms with Crippen molar-refractivity contribution in [2.24, 2.45) is 5.92 Å². The van der Waals surface area contributed by atoms with Gasteiger partial charge in [-0.05, 0) is 6.92 Å². The molecule has 1 unspecified atom stereocenters. The number of amides is 1. The Bertz CT molecular complexity index is 257. The Labute approximate surface area is 82.9 Å². The molecule has 0 aliphatic rings. The molecule has 14 heavy (non-hydrogen) atoms. The number of aliphatic carboxylic acids is 1. The summed E-state index contributed by atoms with van der Waals surface area (Å²) in [5, 5.41) is 16.9. The maximum atomic E-state index is 11.3. The van der Waals surface area contributed by atoms with E-state index in [1.54, 1.807) is 14.0 Å². The van der Waals surface area contributed by atoms with Gasteiger partial charge in [-0.25, -0.2) is 0 Å². The highest BCUT2D eigenvalue weighted by Gasteiger charge is 2.12. The van der Waals surface area contributed by atoms with Crippen LogP contribution in [-0.2, 0) is 9.59 Å². The van der Waals surface area contributed by atoms with Crippen LogP contribution in [0.25, 0.3) is 0 Å². The molecular formula is C9H14N2O3. The summed E-state index contributed by atoms with van der Waals surface area (Å²) in [6.45, 7) is 2.05. The molecule has 1 amide bonds. The second kappa shape index (κ2) is 5.97. The average molecular weight is 198 g/mol. The van der Waals surface area contributed by atoms with Crippen molar-refractivity contribution in [3.05, 3.63) is 0 Å². The second-order valence-electron chi connectivity index (χ2n) is 3.20. The van der Waals surface area contributed by atoms with E-state index in [1.165, 1.54) is 4.90 Å². The van der Waals surface area contributed by atoms with Crippen LogP contribution in [0.3, 0.4) is 0 Å². The first-order chi connectivity index (χ1) is 6.47. The predicted octanol–water partition coefficient (Wildman–Crippen LogP) is 0.469. The zero-order chi connectivity index (χ0) is 11.1. The monoisotopic (exact) mass is 198 g/mol. The summed E-state index contributed by atoms with van der Waals surface area (Å²) in [5.74, 6) is -1.46. The van der Waals surface area contributed by atoms with Gasteiger partial charge in [0.2, 0.25) is 5.91 Å². The maximum Gasteiger partial charge on any atom is 0.303 e. The van der Waals surface area contributed by atoms with Crippen molar-refractivity contribution in [2.75, 3.05) is 13.6 Å². The molecule has 0 aromatic rings. The Hall–Kier alpha value is -1.57. The van der Waals surface area contributed by atoms with Crippen molar-refractivity contribution in [3.63, 3.8) is 0 Å². The second-order valence-corrected chi connectivity index (χ2v) is 3.20. The lowest BCUT2D eigenvalue weighted by Gasteiger charge is -2.17. The Morgan fingerprint density at radius 2 is 2.07 bits per heavy atom. The van der Waals surface area contributed by atoms with Gasteiger partial charge >= 0.3 is 5.97 Å². The highest BCUT2D eigenvalue weighted by atomic mass is 16.4. The fourth-order valence-electron chi connectivity index (χ4n) is 0.958. The van der Waals surface area contributed by atoms with E-state index in [0.717, 1.165) is 0 Å². The topological polar surface area (TPSA) is 81.4 Å². The van der Waals surface area contributed by atoms with E-state index in [-0.39, 0.29) is 24.7 Å². The van der Waals surface area contributed by atoms with Crippen LogP contribution in [0.4, 0.5) is 0 Å². The largest absolute Gasteiger partial charge is 0.481 e. The van der Waals surface area contributed by atoms with Crippen LogP contribution in [0.15, 0.2) is 0 Å². The third-order valence-electron chi connectivity index (χ3n) is 1.75. The lowest BCUT2D eigenvalue weighted by atomic mass is 10.2. The van der Waals surface area contributed by atoms with E-state index >= 15 is 0 Å². The Balaban J connectivity index is 3.89. The molecular weight excluding hydrogens is 184 g/mol. The minimum atomic E-state index is -0.986. The molecule has 0 aliphatic heterocycles. The van der Waals surface area contributed by atoms with Crippen LogP contribution in [0.1, 0.15) is 19.8 Å². The van der Waals surface area contributed by atoms with Gasteiger partial charge in [0.05, 0.1) is 18.4 Å². The summed E-state index contributed by atoms with van der Waals surface area (Å²) >= 11 is 0. The third kappa shape index (κ3) is 5.14. The van der Waals surface area contributed by atoms with E-state index in [2.05, 4.69) is 0 Å². The van der Waals surface area contributed by atoms with E-state index in [9.17, 15) is 9.59 Å². The van der Waals surface area contributed by atoms with Crippen LogP contribution in [0, 0.1) is 17.2 Å². The summed E-state index contributed by atoms with van der Waals surface area (Å²) in [5.41, 5.74) is 0. The predicted molar refractivity (Wildman–Crippen MR) is 49.3 cm³/mol. The van der Waals surface area contributed by atoms with Gasteiger partial charge in [0.25, 0.3) is 0 Å². The highest BCUT2D eigenvalue weighted by molar-refractivity contribution is 5.80. The highest BCUT2D eigenvalue weighted by Crippen LogP contribution is 2.00. The number of carbonyl (C=O) groups is 2. The summed E-state index contributed by atoms with van der Waals surface area (Å²) in [4.78, 5) is 22.8. The van der Waals surface area contributed by atoms with Crippen LogP contribution in [0.2, 0.25) is 0 Å². The van der Waals surface area contributed by atoms with E-state index in [0.29, 0.717) is 6.54 Å². The average Bonchev–Trinajstić information content (AvgIpc) is 2.13. The number of rotatable bonds is 5. The van der Waals surface area contributed by atoms with Gasteiger partial charge < -0.3 is 10.0 Å². The van der Waals surface area contributed by atoms with E-state index < -0.39 is 5.97 Å². The first-order valence-corrected chi connectivity index (χ1v) is 4.32. The Morgan fingerprint density at radius 3 is 2.50 bits per heavy atom. The maximum absolute atomic E-state index is 11.3. The van der Waals surface area contributed by atoms with Crippen molar-refractivity contribution in [1.29, 1.82) is 5.26 Å². The zero-order valence-electron chi connectivity index (χ0n) is 8.36. The molecule has 0 aromatic heterocycles. The molecule has 1 atom stereocenters. The molecule has 0 aromatic carbocycles. The van der Waals surface area contributed by atoms with Gasteiger partial charge in [-0.1, -0.05) is 0 Å². The number of carboxylic acids is 1. The van der Waals surface area contributed by atoms with Crippen molar-refractivity contribution < 1.29 is 14.7 Å². The quantitative estimate of drug-likeness (QED) is 0.696. The number of nitriles is 1. The summed E-state index contributed by atoms with van der Waals surface area (Å²) in [7, 11) is 1.57. The molecule has 1 N–H and O–H groups in total. The molecule has 78 valence electrons. The molecule has 0 rings (SSSR count). The molecule has 5 heteroatoms. The van der Waals surface area contributed by atoms with Crippen molar-refractivity contribution >= 4 is 11.9 Å². The van der Waals surface area contributed by atoms with E-state index in [4.69, 9.17) is 10.4 Å². The van der Waals surface area contributed by atoms with Gasteiger partial charge in [-0.15, -0.1) is 0 Å². The van der Waals surface area contributed by atoms with Gasteiger partial charge in [-0.3, -0.25) is 9.59 Å². The summed E-state index contributed by atoms with van der Waals surface area (Å²) in [6.07, 6.45) is -0.173. The summed E-state index contributed by atoms with van der Waals surface area (Å²) in [6, 6.07) is 2.01. The Kier molecular flexibility index (Phi) is 5.30. The normalized spacial score (nSPS) is 11.5. The Morgan fingerprint density at radius 1 is 1.50 bits per heavy atom. The molecule has 0 radical (unpaired) electrons. The van der Waals surface area contributed by atoms with Crippen LogP contribution in [0.5, 0.6) is 0 Å². The lowest BCUT2D eigenvalue weighted by molar-refractivity contribution is -0.140. The van der Waals surface area contributed by atoms with Crippen LogP contribution in [-0.4, -0.2) is 35.5 Å². The molecule has 0 saturated heterocycles. The number of hydrogen-bond donors (Lipinski definition) is 1. The fraction of sp³-hybridized carbons (Fsp3) is 0.667. The van der Waals surface area contributed by atoms with Crippen LogP contribution >= 0.6 is 0 Å². The fourth-order valence-corrected chi connectivity index (χ4v) is 0.958. The molecule has 0 saturated carbocycles. The minimum Gasteiger partial charge on any atom is -0.481 e. The zero-order valence-corrected chi connectivity index (χ0v) is 8.36. The molecule has 0 aliphatic carbocycles. The van der Waals surface area contributed by atoms with Crippen LogP contribution < -0.4 is 0 Å². The van der Waals surface area contributed by atoms with Gasteiger partial charge in [0, 0.05) is 20.0 Å².